The molecule has 100 valence electrons. The Bertz CT molecular complexity index is 381. The standard InChI is InChI=1S/C11H12F3NO3/c12-11(13,14)10(17)15-8(6-16)7-18-9-4-2-1-3-5-9/h1-5,8,16H,6-7H2,(H,15,17)/t8-/m1/s1. The molecule has 0 heterocycles. The van der Waals surface area contributed by atoms with Gasteiger partial charge >= 0.3 is 12.1 Å². The Labute approximate surface area is 101 Å². The number of nitrogens with one attached hydrogen (secondary N) is 1. The van der Waals surface area contributed by atoms with Gasteiger partial charge in [0.15, 0.2) is 0 Å². The van der Waals surface area contributed by atoms with Gasteiger partial charge in [-0.05, 0) is 12.1 Å². The van der Waals surface area contributed by atoms with Crippen LogP contribution in [0, 0.1) is 0 Å². The Morgan fingerprint density at radius 1 is 1.33 bits per heavy atom. The van der Waals surface area contributed by atoms with Crippen molar-refractivity contribution in [3.8, 4) is 5.75 Å². The predicted molar refractivity (Wildman–Crippen MR) is 57.0 cm³/mol. The summed E-state index contributed by atoms with van der Waals surface area (Å²) in [6, 6.07) is 7.25. The van der Waals surface area contributed by atoms with Crippen molar-refractivity contribution >= 4 is 5.91 Å². The van der Waals surface area contributed by atoms with Crippen LogP contribution in [0.4, 0.5) is 13.2 Å². The van der Waals surface area contributed by atoms with Crippen molar-refractivity contribution in [2.75, 3.05) is 13.2 Å². The van der Waals surface area contributed by atoms with Crippen molar-refractivity contribution in [2.24, 2.45) is 0 Å². The highest BCUT2D eigenvalue weighted by molar-refractivity contribution is 5.81. The molecule has 0 aromatic heterocycles. The number of aliphatic hydroxyl groups excluding tert-OH is 1. The third-order valence-electron chi connectivity index (χ3n) is 2.01. The van der Waals surface area contributed by atoms with Gasteiger partial charge in [0, 0.05) is 0 Å². The van der Waals surface area contributed by atoms with E-state index in [1.54, 1.807) is 35.6 Å². The highest BCUT2D eigenvalue weighted by Crippen LogP contribution is 2.14. The number of alkyl halides is 3. The molecule has 0 fully saturated rings. The van der Waals surface area contributed by atoms with Crippen molar-refractivity contribution in [1.82, 2.24) is 5.32 Å². The molecular formula is C11H12F3NO3. The summed E-state index contributed by atoms with van der Waals surface area (Å²) in [4.78, 5) is 10.6. The lowest BCUT2D eigenvalue weighted by Gasteiger charge is -2.17. The Kier molecular flexibility index (Phi) is 4.96. The molecule has 1 aromatic carbocycles. The fourth-order valence-electron chi connectivity index (χ4n) is 1.12. The van der Waals surface area contributed by atoms with Crippen LogP contribution < -0.4 is 10.1 Å². The largest absolute Gasteiger partial charge is 0.491 e. The number of amides is 1. The first kappa shape index (κ1) is 14.3. The summed E-state index contributed by atoms with van der Waals surface area (Å²) in [6.45, 7) is -0.892. The number of rotatable bonds is 5. The van der Waals surface area contributed by atoms with Crippen LogP contribution in [0.15, 0.2) is 30.3 Å². The van der Waals surface area contributed by atoms with Crippen LogP contribution in [0.5, 0.6) is 5.75 Å². The van der Waals surface area contributed by atoms with Crippen LogP contribution in [-0.4, -0.2) is 36.4 Å². The molecule has 0 aliphatic carbocycles. The van der Waals surface area contributed by atoms with E-state index in [1.807, 2.05) is 0 Å². The SMILES string of the molecule is O=C(N[C@H](CO)COc1ccccc1)C(F)(F)F. The summed E-state index contributed by atoms with van der Waals surface area (Å²) in [5.74, 6) is -1.66. The van der Waals surface area contributed by atoms with Crippen LogP contribution in [-0.2, 0) is 4.79 Å². The number of carbonyl (C=O) groups is 1. The van der Waals surface area contributed by atoms with Crippen molar-refractivity contribution < 1.29 is 27.8 Å². The summed E-state index contributed by atoms with van der Waals surface area (Å²) in [6.07, 6.45) is -4.97. The molecule has 0 aliphatic rings. The minimum Gasteiger partial charge on any atom is -0.491 e. The highest BCUT2D eigenvalue weighted by Gasteiger charge is 2.39. The lowest BCUT2D eigenvalue weighted by Crippen LogP contribution is -2.47. The maximum Gasteiger partial charge on any atom is 0.471 e. The number of benzene rings is 1. The molecule has 2 N–H and O–H groups in total. The maximum atomic E-state index is 12.0. The van der Waals surface area contributed by atoms with Crippen LogP contribution >= 0.6 is 0 Å². The van der Waals surface area contributed by atoms with E-state index in [9.17, 15) is 18.0 Å². The minimum absolute atomic E-state index is 0.248. The number of aliphatic hydroxyl groups is 1. The second kappa shape index (κ2) is 6.25. The van der Waals surface area contributed by atoms with E-state index in [0.29, 0.717) is 5.75 Å². The second-order valence-electron chi connectivity index (χ2n) is 3.47. The average molecular weight is 263 g/mol. The van der Waals surface area contributed by atoms with Gasteiger partial charge in [0.2, 0.25) is 0 Å². The molecule has 1 amide bonds. The Balaban J connectivity index is 2.46. The number of para-hydroxylation sites is 1. The van der Waals surface area contributed by atoms with Gasteiger partial charge in [-0.1, -0.05) is 18.2 Å². The summed E-state index contributed by atoms with van der Waals surface area (Å²) in [7, 11) is 0. The van der Waals surface area contributed by atoms with Gasteiger partial charge in [-0.2, -0.15) is 13.2 Å². The number of hydrogen-bond acceptors (Lipinski definition) is 3. The zero-order valence-corrected chi connectivity index (χ0v) is 9.28. The van der Waals surface area contributed by atoms with Gasteiger partial charge in [0.25, 0.3) is 0 Å². The fraction of sp³-hybridized carbons (Fsp3) is 0.364. The van der Waals surface area contributed by atoms with Gasteiger partial charge in [0.1, 0.15) is 12.4 Å². The molecule has 0 unspecified atom stereocenters. The molecule has 1 rings (SSSR count). The molecular weight excluding hydrogens is 251 g/mol. The Hall–Kier alpha value is -1.76. The van der Waals surface area contributed by atoms with E-state index < -0.39 is 24.7 Å². The topological polar surface area (TPSA) is 58.6 Å². The molecule has 7 heteroatoms. The van der Waals surface area contributed by atoms with Crippen molar-refractivity contribution in [1.29, 1.82) is 0 Å². The number of ether oxygens (including phenoxy) is 1. The van der Waals surface area contributed by atoms with Crippen LogP contribution in [0.3, 0.4) is 0 Å². The zero-order valence-electron chi connectivity index (χ0n) is 9.28. The molecule has 18 heavy (non-hydrogen) atoms. The lowest BCUT2D eigenvalue weighted by atomic mass is 10.3. The maximum absolute atomic E-state index is 12.0. The zero-order chi connectivity index (χ0) is 13.6. The van der Waals surface area contributed by atoms with Crippen LogP contribution in [0.1, 0.15) is 0 Å². The van der Waals surface area contributed by atoms with Crippen molar-refractivity contribution in [3.05, 3.63) is 30.3 Å². The normalized spacial score (nSPS) is 12.9. The third-order valence-corrected chi connectivity index (χ3v) is 2.01. The third kappa shape index (κ3) is 4.62. The van der Waals surface area contributed by atoms with Crippen LogP contribution in [0.25, 0.3) is 0 Å². The summed E-state index contributed by atoms with van der Waals surface area (Å²) in [5, 5.41) is 10.5. The number of hydrogen-bond donors (Lipinski definition) is 2. The monoisotopic (exact) mass is 263 g/mol. The summed E-state index contributed by atoms with van der Waals surface area (Å²) in [5.41, 5.74) is 0. The van der Waals surface area contributed by atoms with Gasteiger partial charge in [-0.3, -0.25) is 4.79 Å². The van der Waals surface area contributed by atoms with Crippen molar-refractivity contribution in [3.63, 3.8) is 0 Å². The first-order valence-corrected chi connectivity index (χ1v) is 5.10. The van der Waals surface area contributed by atoms with E-state index in [4.69, 9.17) is 9.84 Å². The average Bonchev–Trinajstić information content (AvgIpc) is 2.34. The highest BCUT2D eigenvalue weighted by atomic mass is 19.4. The van der Waals surface area contributed by atoms with Gasteiger partial charge in [-0.15, -0.1) is 0 Å². The predicted octanol–water partition coefficient (Wildman–Crippen LogP) is 1.10. The fourth-order valence-corrected chi connectivity index (χ4v) is 1.12. The second-order valence-corrected chi connectivity index (χ2v) is 3.47. The lowest BCUT2D eigenvalue weighted by molar-refractivity contribution is -0.174. The van der Waals surface area contributed by atoms with Gasteiger partial charge < -0.3 is 15.2 Å². The van der Waals surface area contributed by atoms with E-state index >= 15 is 0 Å². The van der Waals surface area contributed by atoms with E-state index in [0.717, 1.165) is 0 Å². The summed E-state index contributed by atoms with van der Waals surface area (Å²) < 4.78 is 41.1. The Morgan fingerprint density at radius 2 is 1.94 bits per heavy atom. The molecule has 0 saturated heterocycles. The first-order chi connectivity index (χ1) is 8.43. The van der Waals surface area contributed by atoms with E-state index in [-0.39, 0.29) is 6.61 Å². The van der Waals surface area contributed by atoms with Gasteiger partial charge in [-0.25, -0.2) is 0 Å². The van der Waals surface area contributed by atoms with E-state index in [1.165, 1.54) is 0 Å². The molecule has 0 radical (unpaired) electrons. The minimum atomic E-state index is -4.97. The van der Waals surface area contributed by atoms with E-state index in [2.05, 4.69) is 0 Å². The quantitative estimate of drug-likeness (QED) is 0.836. The van der Waals surface area contributed by atoms with Gasteiger partial charge in [0.05, 0.1) is 12.6 Å². The van der Waals surface area contributed by atoms with Crippen LogP contribution in [0.2, 0.25) is 0 Å². The molecule has 4 nitrogen and oxygen atoms in total. The summed E-state index contributed by atoms with van der Waals surface area (Å²) >= 11 is 0. The van der Waals surface area contributed by atoms with Crippen molar-refractivity contribution in [2.45, 2.75) is 12.2 Å². The Morgan fingerprint density at radius 3 is 2.44 bits per heavy atom. The molecule has 1 aromatic rings. The number of carbonyl (C=O) groups excluding carboxylic acids is 1. The number of halogens is 3. The molecule has 0 aliphatic heterocycles. The molecule has 1 atom stereocenters. The molecule has 0 bridgehead atoms. The molecule has 0 spiro atoms. The smallest absolute Gasteiger partial charge is 0.471 e. The molecule has 0 saturated carbocycles. The first-order valence-electron chi connectivity index (χ1n) is 5.10.